The fraction of sp³-hybridized carbons (Fsp3) is 0.300. The van der Waals surface area contributed by atoms with Gasteiger partial charge in [0.25, 0.3) is 0 Å². The molecule has 2 nitrogen and oxygen atoms in total. The minimum absolute atomic E-state index is 0.0422. The largest absolute Gasteiger partial charge is 0.478 e. The molecule has 0 heterocycles. The molecule has 0 aliphatic rings. The number of hydrogen-bond donors (Lipinski definition) is 1. The maximum atomic E-state index is 13.3. The van der Waals surface area contributed by atoms with Crippen molar-refractivity contribution in [1.82, 2.24) is 0 Å². The summed E-state index contributed by atoms with van der Waals surface area (Å²) in [5, 5.41) is 8.74. The summed E-state index contributed by atoms with van der Waals surface area (Å²) in [6.07, 6.45) is 0. The molecule has 1 aromatic carbocycles. The predicted octanol–water partition coefficient (Wildman–Crippen LogP) is 2.45. The number of hydrogen-bond acceptors (Lipinski definition) is 1. The number of benzene rings is 1. The number of aromatic carboxylic acids is 1. The minimum Gasteiger partial charge on any atom is -0.478 e. The van der Waals surface area contributed by atoms with Gasteiger partial charge in [-0.3, -0.25) is 0 Å². The highest BCUT2D eigenvalue weighted by Gasteiger charge is 2.14. The second-order valence-corrected chi connectivity index (χ2v) is 3.11. The summed E-state index contributed by atoms with van der Waals surface area (Å²) in [6, 6.07) is 1.50. The molecule has 0 saturated heterocycles. The number of aryl methyl sites for hydroxylation is 1. The average Bonchev–Trinajstić information content (AvgIpc) is 2.07. The molecule has 1 rings (SSSR count). The van der Waals surface area contributed by atoms with E-state index in [4.69, 9.17) is 5.11 Å². The van der Waals surface area contributed by atoms with Crippen LogP contribution in [0, 0.1) is 26.6 Å². The van der Waals surface area contributed by atoms with Crippen LogP contribution in [-0.4, -0.2) is 11.1 Å². The van der Waals surface area contributed by atoms with Gasteiger partial charge in [-0.1, -0.05) is 0 Å². The van der Waals surface area contributed by atoms with Gasteiger partial charge in [0.1, 0.15) is 5.82 Å². The molecule has 70 valence electrons. The van der Waals surface area contributed by atoms with Crippen molar-refractivity contribution in [3.8, 4) is 0 Å². The highest BCUT2D eigenvalue weighted by atomic mass is 19.1. The fourth-order valence-electron chi connectivity index (χ4n) is 1.23. The molecule has 0 aliphatic carbocycles. The normalized spacial score (nSPS) is 10.2. The summed E-state index contributed by atoms with van der Waals surface area (Å²) in [7, 11) is 0. The van der Waals surface area contributed by atoms with Gasteiger partial charge in [-0.2, -0.15) is 0 Å². The van der Waals surface area contributed by atoms with Crippen molar-refractivity contribution in [2.45, 2.75) is 20.8 Å². The lowest BCUT2D eigenvalue weighted by molar-refractivity contribution is 0.0695. The van der Waals surface area contributed by atoms with Crippen LogP contribution in [0.1, 0.15) is 27.0 Å². The van der Waals surface area contributed by atoms with Crippen LogP contribution in [0.2, 0.25) is 0 Å². The molecule has 1 aromatic rings. The fourth-order valence-corrected chi connectivity index (χ4v) is 1.23. The van der Waals surface area contributed by atoms with Crippen molar-refractivity contribution in [3.63, 3.8) is 0 Å². The van der Waals surface area contributed by atoms with E-state index in [0.717, 1.165) is 0 Å². The van der Waals surface area contributed by atoms with Crippen molar-refractivity contribution in [3.05, 3.63) is 34.1 Å². The van der Waals surface area contributed by atoms with Gasteiger partial charge in [-0.25, -0.2) is 9.18 Å². The van der Waals surface area contributed by atoms with Gasteiger partial charge < -0.3 is 5.11 Å². The Morgan fingerprint density at radius 1 is 1.31 bits per heavy atom. The third kappa shape index (κ3) is 1.54. The molecule has 0 aliphatic heterocycles. The number of carboxylic acid groups (broad SMARTS) is 1. The molecule has 13 heavy (non-hydrogen) atoms. The minimum atomic E-state index is -1.08. The van der Waals surface area contributed by atoms with Crippen LogP contribution < -0.4 is 0 Å². The highest BCUT2D eigenvalue weighted by Crippen LogP contribution is 2.20. The zero-order chi connectivity index (χ0) is 10.2. The Kier molecular flexibility index (Phi) is 2.36. The third-order valence-corrected chi connectivity index (χ3v) is 2.25. The SMILES string of the molecule is Cc1cc(C(=O)O)c(C)c(F)c1C. The maximum Gasteiger partial charge on any atom is 0.336 e. The summed E-state index contributed by atoms with van der Waals surface area (Å²) >= 11 is 0. The first-order valence-electron chi connectivity index (χ1n) is 3.94. The topological polar surface area (TPSA) is 37.3 Å². The van der Waals surface area contributed by atoms with Gasteiger partial charge in [-0.05, 0) is 43.5 Å². The van der Waals surface area contributed by atoms with E-state index in [9.17, 15) is 9.18 Å². The van der Waals surface area contributed by atoms with E-state index >= 15 is 0 Å². The van der Waals surface area contributed by atoms with Crippen LogP contribution in [0.4, 0.5) is 4.39 Å². The van der Waals surface area contributed by atoms with Crippen molar-refractivity contribution in [2.24, 2.45) is 0 Å². The first kappa shape index (κ1) is 9.71. The number of carboxylic acids is 1. The summed E-state index contributed by atoms with van der Waals surface area (Å²) in [6.45, 7) is 4.82. The molecular weight excluding hydrogens is 171 g/mol. The molecule has 0 aromatic heterocycles. The van der Waals surface area contributed by atoms with Crippen molar-refractivity contribution in [1.29, 1.82) is 0 Å². The Bertz CT molecular complexity index is 370. The summed E-state index contributed by atoms with van der Waals surface area (Å²) in [5.41, 5.74) is 1.43. The van der Waals surface area contributed by atoms with Crippen molar-refractivity contribution in [2.75, 3.05) is 0 Å². The van der Waals surface area contributed by atoms with E-state index in [-0.39, 0.29) is 11.1 Å². The first-order valence-corrected chi connectivity index (χ1v) is 3.94. The number of carbonyl (C=O) groups is 1. The molecule has 0 bridgehead atoms. The van der Waals surface area contributed by atoms with Crippen LogP contribution in [0.3, 0.4) is 0 Å². The Balaban J connectivity index is 3.50. The maximum absolute atomic E-state index is 13.3. The van der Waals surface area contributed by atoms with Crippen LogP contribution in [0.25, 0.3) is 0 Å². The lowest BCUT2D eigenvalue weighted by Gasteiger charge is -2.07. The Labute approximate surface area is 76.0 Å². The van der Waals surface area contributed by atoms with Gasteiger partial charge in [-0.15, -0.1) is 0 Å². The molecule has 0 spiro atoms. The third-order valence-electron chi connectivity index (χ3n) is 2.25. The molecular formula is C10H11FO2. The van der Waals surface area contributed by atoms with E-state index in [0.29, 0.717) is 11.1 Å². The van der Waals surface area contributed by atoms with Gasteiger partial charge in [0.2, 0.25) is 0 Å². The molecule has 0 unspecified atom stereocenters. The molecule has 0 amide bonds. The van der Waals surface area contributed by atoms with E-state index in [2.05, 4.69) is 0 Å². The number of rotatable bonds is 1. The van der Waals surface area contributed by atoms with Gasteiger partial charge in [0.15, 0.2) is 0 Å². The van der Waals surface area contributed by atoms with E-state index < -0.39 is 11.8 Å². The molecule has 3 heteroatoms. The van der Waals surface area contributed by atoms with Crippen LogP contribution in [0.5, 0.6) is 0 Å². The quantitative estimate of drug-likeness (QED) is 0.724. The monoisotopic (exact) mass is 182 g/mol. The summed E-state index contributed by atoms with van der Waals surface area (Å²) in [5.74, 6) is -1.50. The van der Waals surface area contributed by atoms with Gasteiger partial charge in [0, 0.05) is 0 Å². The Hall–Kier alpha value is -1.38. The van der Waals surface area contributed by atoms with Gasteiger partial charge >= 0.3 is 5.97 Å². The zero-order valence-electron chi connectivity index (χ0n) is 7.81. The van der Waals surface area contributed by atoms with Crippen LogP contribution >= 0.6 is 0 Å². The van der Waals surface area contributed by atoms with E-state index in [1.54, 1.807) is 13.8 Å². The second kappa shape index (κ2) is 3.17. The van der Waals surface area contributed by atoms with E-state index in [1.165, 1.54) is 13.0 Å². The molecule has 0 saturated carbocycles. The molecule has 1 N–H and O–H groups in total. The average molecular weight is 182 g/mol. The Morgan fingerprint density at radius 3 is 2.31 bits per heavy atom. The lowest BCUT2D eigenvalue weighted by atomic mass is 10.00. The smallest absolute Gasteiger partial charge is 0.336 e. The van der Waals surface area contributed by atoms with Crippen molar-refractivity contribution >= 4 is 5.97 Å². The van der Waals surface area contributed by atoms with Gasteiger partial charge in [0.05, 0.1) is 5.56 Å². The molecule has 0 fully saturated rings. The lowest BCUT2D eigenvalue weighted by Crippen LogP contribution is -2.04. The molecule has 0 radical (unpaired) electrons. The number of halogens is 1. The predicted molar refractivity (Wildman–Crippen MR) is 47.6 cm³/mol. The van der Waals surface area contributed by atoms with Crippen LogP contribution in [-0.2, 0) is 0 Å². The summed E-state index contributed by atoms with van der Waals surface area (Å²) < 4.78 is 13.3. The highest BCUT2D eigenvalue weighted by molar-refractivity contribution is 5.89. The van der Waals surface area contributed by atoms with Crippen molar-refractivity contribution < 1.29 is 14.3 Å². The standard InChI is InChI=1S/C10H11FO2/c1-5-4-8(10(12)13)7(3)9(11)6(5)2/h4H,1-3H3,(H,12,13). The zero-order valence-corrected chi connectivity index (χ0v) is 7.81. The first-order chi connectivity index (χ1) is 5.95. The Morgan fingerprint density at radius 2 is 1.85 bits per heavy atom. The second-order valence-electron chi connectivity index (χ2n) is 3.11. The van der Waals surface area contributed by atoms with Crippen LogP contribution in [0.15, 0.2) is 6.07 Å². The van der Waals surface area contributed by atoms with E-state index in [1.807, 2.05) is 0 Å². The molecule has 0 atom stereocenters. The summed E-state index contributed by atoms with van der Waals surface area (Å²) in [4.78, 5) is 10.7.